The molecule has 0 aromatic carbocycles. The number of aromatic nitrogens is 2. The van der Waals surface area contributed by atoms with E-state index in [0.29, 0.717) is 12.2 Å². The van der Waals surface area contributed by atoms with Crippen LogP contribution in [0.4, 0.5) is 0 Å². The normalized spacial score (nSPS) is 8.80. The lowest BCUT2D eigenvalue weighted by Crippen LogP contribution is -2.01. The predicted molar refractivity (Wildman–Crippen MR) is 34.6 cm³/mol. The van der Waals surface area contributed by atoms with Crippen LogP contribution in [0.2, 0.25) is 0 Å². The zero-order chi connectivity index (χ0) is 7.40. The van der Waals surface area contributed by atoms with Crippen molar-refractivity contribution in [2.24, 2.45) is 5.73 Å². The summed E-state index contributed by atoms with van der Waals surface area (Å²) in [6.45, 7) is 0.344. The Kier molecular flexibility index (Phi) is 1.92. The molecular formula is C6H6N4. The van der Waals surface area contributed by atoms with E-state index < -0.39 is 0 Å². The molecule has 0 aliphatic heterocycles. The van der Waals surface area contributed by atoms with Crippen LogP contribution in [0, 0.1) is 11.3 Å². The van der Waals surface area contributed by atoms with Crippen LogP contribution in [0.3, 0.4) is 0 Å². The highest BCUT2D eigenvalue weighted by Gasteiger charge is 1.93. The standard InChI is InChI=1S/C6H6N4/c7-3-5-1-2-9-6(4-8)10-5/h1-2H,3,7H2. The monoisotopic (exact) mass is 134 g/mol. The fourth-order valence-corrected chi connectivity index (χ4v) is 0.564. The molecule has 10 heavy (non-hydrogen) atoms. The first-order valence-corrected chi connectivity index (χ1v) is 2.79. The molecule has 1 rings (SSSR count). The highest BCUT2D eigenvalue weighted by molar-refractivity contribution is 5.12. The molecule has 0 unspecified atom stereocenters. The van der Waals surface area contributed by atoms with Crippen LogP contribution in [0.5, 0.6) is 0 Å². The van der Waals surface area contributed by atoms with E-state index in [1.165, 1.54) is 6.20 Å². The van der Waals surface area contributed by atoms with Gasteiger partial charge in [0.2, 0.25) is 5.82 Å². The summed E-state index contributed by atoms with van der Waals surface area (Å²) in [6.07, 6.45) is 1.52. The molecule has 1 aromatic heterocycles. The first-order valence-electron chi connectivity index (χ1n) is 2.79. The molecule has 1 heterocycles. The molecule has 2 N–H and O–H groups in total. The molecule has 0 amide bonds. The van der Waals surface area contributed by atoms with Gasteiger partial charge in [0.25, 0.3) is 0 Å². The third-order valence-corrected chi connectivity index (χ3v) is 1.02. The van der Waals surface area contributed by atoms with Crippen molar-refractivity contribution >= 4 is 0 Å². The Labute approximate surface area is 58.3 Å². The van der Waals surface area contributed by atoms with E-state index in [-0.39, 0.29) is 5.82 Å². The lowest BCUT2D eigenvalue weighted by Gasteiger charge is -1.92. The minimum Gasteiger partial charge on any atom is -0.325 e. The molecule has 1 aromatic rings. The summed E-state index contributed by atoms with van der Waals surface area (Å²) < 4.78 is 0. The molecule has 0 radical (unpaired) electrons. The number of nitrogens with zero attached hydrogens (tertiary/aromatic N) is 3. The van der Waals surface area contributed by atoms with Gasteiger partial charge in [-0.25, -0.2) is 9.97 Å². The second kappa shape index (κ2) is 2.90. The van der Waals surface area contributed by atoms with Crippen molar-refractivity contribution in [1.82, 2.24) is 9.97 Å². The van der Waals surface area contributed by atoms with E-state index >= 15 is 0 Å². The van der Waals surface area contributed by atoms with Crippen LogP contribution in [-0.2, 0) is 6.54 Å². The number of hydrogen-bond donors (Lipinski definition) is 1. The number of hydrogen-bond acceptors (Lipinski definition) is 4. The zero-order valence-electron chi connectivity index (χ0n) is 5.28. The Bertz CT molecular complexity index is 263. The molecule has 0 spiro atoms. The first-order chi connectivity index (χ1) is 4.86. The second-order valence-corrected chi connectivity index (χ2v) is 1.69. The number of rotatable bonds is 1. The molecule has 4 nitrogen and oxygen atoms in total. The van der Waals surface area contributed by atoms with E-state index in [2.05, 4.69) is 9.97 Å². The Hall–Kier alpha value is -1.47. The van der Waals surface area contributed by atoms with Gasteiger partial charge in [-0.3, -0.25) is 0 Å². The maximum atomic E-state index is 8.34. The molecule has 0 aliphatic rings. The van der Waals surface area contributed by atoms with Gasteiger partial charge in [-0.1, -0.05) is 0 Å². The van der Waals surface area contributed by atoms with Crippen LogP contribution in [0.25, 0.3) is 0 Å². The van der Waals surface area contributed by atoms with E-state index in [9.17, 15) is 0 Å². The van der Waals surface area contributed by atoms with Crippen LogP contribution in [-0.4, -0.2) is 9.97 Å². The number of nitrogens with two attached hydrogens (primary N) is 1. The summed E-state index contributed by atoms with van der Waals surface area (Å²) in [5.74, 6) is 0.169. The quantitative estimate of drug-likeness (QED) is 0.577. The van der Waals surface area contributed by atoms with E-state index in [1.54, 1.807) is 6.07 Å². The van der Waals surface area contributed by atoms with Crippen molar-refractivity contribution in [1.29, 1.82) is 5.26 Å². The molecule has 0 saturated carbocycles. The van der Waals surface area contributed by atoms with Gasteiger partial charge in [-0.15, -0.1) is 0 Å². The van der Waals surface area contributed by atoms with Crippen molar-refractivity contribution in [3.8, 4) is 6.07 Å². The van der Waals surface area contributed by atoms with Gasteiger partial charge in [-0.2, -0.15) is 5.26 Å². The molecule has 0 aliphatic carbocycles. The average Bonchev–Trinajstić information content (AvgIpc) is 2.05. The highest BCUT2D eigenvalue weighted by atomic mass is 14.9. The average molecular weight is 134 g/mol. The SMILES string of the molecule is N#Cc1nccc(CN)n1. The van der Waals surface area contributed by atoms with Crippen molar-refractivity contribution in [3.05, 3.63) is 23.8 Å². The van der Waals surface area contributed by atoms with Crippen LogP contribution >= 0.6 is 0 Å². The minimum absolute atomic E-state index is 0.169. The Balaban J connectivity index is 3.01. The molecule has 0 saturated heterocycles. The van der Waals surface area contributed by atoms with E-state index in [0.717, 1.165) is 0 Å². The van der Waals surface area contributed by atoms with Crippen molar-refractivity contribution in [2.75, 3.05) is 0 Å². The molecule has 4 heteroatoms. The van der Waals surface area contributed by atoms with Crippen LogP contribution in [0.1, 0.15) is 11.5 Å². The summed E-state index contributed by atoms with van der Waals surface area (Å²) >= 11 is 0. The van der Waals surface area contributed by atoms with Gasteiger partial charge in [0, 0.05) is 12.7 Å². The highest BCUT2D eigenvalue weighted by Crippen LogP contribution is 1.91. The van der Waals surface area contributed by atoms with Gasteiger partial charge in [0.1, 0.15) is 6.07 Å². The largest absolute Gasteiger partial charge is 0.325 e. The van der Waals surface area contributed by atoms with Gasteiger partial charge in [0.05, 0.1) is 5.69 Å². The van der Waals surface area contributed by atoms with Crippen molar-refractivity contribution in [3.63, 3.8) is 0 Å². The van der Waals surface area contributed by atoms with Crippen LogP contribution < -0.4 is 5.73 Å². The fourth-order valence-electron chi connectivity index (χ4n) is 0.564. The van der Waals surface area contributed by atoms with Gasteiger partial charge in [0.15, 0.2) is 0 Å². The van der Waals surface area contributed by atoms with Crippen molar-refractivity contribution in [2.45, 2.75) is 6.54 Å². The molecule has 50 valence electrons. The lowest BCUT2D eigenvalue weighted by molar-refractivity contribution is 0.949. The van der Waals surface area contributed by atoms with Gasteiger partial charge < -0.3 is 5.73 Å². The van der Waals surface area contributed by atoms with E-state index in [4.69, 9.17) is 11.0 Å². The first kappa shape index (κ1) is 6.65. The summed E-state index contributed by atoms with van der Waals surface area (Å²) in [5.41, 5.74) is 5.96. The Morgan fingerprint density at radius 1 is 1.70 bits per heavy atom. The fraction of sp³-hybridized carbons (Fsp3) is 0.167. The third kappa shape index (κ3) is 1.27. The van der Waals surface area contributed by atoms with Gasteiger partial charge >= 0.3 is 0 Å². The molecule has 0 fully saturated rings. The maximum absolute atomic E-state index is 8.34. The Morgan fingerprint density at radius 3 is 3.10 bits per heavy atom. The van der Waals surface area contributed by atoms with Crippen molar-refractivity contribution < 1.29 is 0 Å². The summed E-state index contributed by atoms with van der Waals surface area (Å²) in [4.78, 5) is 7.49. The summed E-state index contributed by atoms with van der Waals surface area (Å²) in [7, 11) is 0. The second-order valence-electron chi connectivity index (χ2n) is 1.69. The summed E-state index contributed by atoms with van der Waals surface area (Å²) in [6, 6.07) is 3.51. The topological polar surface area (TPSA) is 75.6 Å². The molecular weight excluding hydrogens is 128 g/mol. The predicted octanol–water partition coefficient (Wildman–Crippen LogP) is -0.193. The third-order valence-electron chi connectivity index (χ3n) is 1.02. The maximum Gasteiger partial charge on any atom is 0.232 e. The lowest BCUT2D eigenvalue weighted by atomic mass is 10.4. The smallest absolute Gasteiger partial charge is 0.232 e. The van der Waals surface area contributed by atoms with E-state index in [1.807, 2.05) is 6.07 Å². The zero-order valence-corrected chi connectivity index (χ0v) is 5.28. The molecule has 0 bridgehead atoms. The number of nitriles is 1. The van der Waals surface area contributed by atoms with Gasteiger partial charge in [-0.05, 0) is 6.07 Å². The Morgan fingerprint density at radius 2 is 2.50 bits per heavy atom. The summed E-state index contributed by atoms with van der Waals surface area (Å²) in [5, 5.41) is 8.34. The minimum atomic E-state index is 0.169. The van der Waals surface area contributed by atoms with Crippen LogP contribution in [0.15, 0.2) is 12.3 Å². The molecule has 0 atom stereocenters.